The van der Waals surface area contributed by atoms with Crippen molar-refractivity contribution < 1.29 is 9.32 Å². The maximum atomic E-state index is 12.4. The Morgan fingerprint density at radius 3 is 2.92 bits per heavy atom. The molecule has 1 aliphatic heterocycles. The van der Waals surface area contributed by atoms with E-state index in [0.29, 0.717) is 6.54 Å². The highest BCUT2D eigenvalue weighted by molar-refractivity contribution is 5.91. The first-order chi connectivity index (χ1) is 12.0. The maximum Gasteiger partial charge on any atom is 0.246 e. The highest BCUT2D eigenvalue weighted by Gasteiger charge is 2.15. The summed E-state index contributed by atoms with van der Waals surface area (Å²) >= 11 is 0. The SMILES string of the molecule is Cc1noc(C)c1CN(C)C(=O)C=Cc1ccc2c(c1)CCCN2C. The van der Waals surface area contributed by atoms with Gasteiger partial charge in [-0.1, -0.05) is 11.2 Å². The van der Waals surface area contributed by atoms with Gasteiger partial charge in [0.05, 0.1) is 12.2 Å². The van der Waals surface area contributed by atoms with Crippen LogP contribution < -0.4 is 4.90 Å². The minimum atomic E-state index is -0.0326. The van der Waals surface area contributed by atoms with Gasteiger partial charge in [0.2, 0.25) is 5.91 Å². The van der Waals surface area contributed by atoms with Crippen molar-refractivity contribution in [3.63, 3.8) is 0 Å². The Morgan fingerprint density at radius 1 is 1.40 bits per heavy atom. The predicted molar refractivity (Wildman–Crippen MR) is 99.5 cm³/mol. The molecule has 132 valence electrons. The van der Waals surface area contributed by atoms with Gasteiger partial charge in [0.25, 0.3) is 0 Å². The molecule has 1 amide bonds. The number of benzene rings is 1. The smallest absolute Gasteiger partial charge is 0.246 e. The second-order valence-corrected chi connectivity index (χ2v) is 6.74. The summed E-state index contributed by atoms with van der Waals surface area (Å²) in [5.41, 5.74) is 5.52. The van der Waals surface area contributed by atoms with Crippen molar-refractivity contribution in [2.24, 2.45) is 0 Å². The van der Waals surface area contributed by atoms with Gasteiger partial charge in [-0.25, -0.2) is 0 Å². The van der Waals surface area contributed by atoms with Gasteiger partial charge in [0.15, 0.2) is 0 Å². The van der Waals surface area contributed by atoms with Crippen LogP contribution in [0.1, 0.15) is 34.6 Å². The van der Waals surface area contributed by atoms with Gasteiger partial charge < -0.3 is 14.3 Å². The second-order valence-electron chi connectivity index (χ2n) is 6.74. The summed E-state index contributed by atoms with van der Waals surface area (Å²) < 4.78 is 5.16. The first-order valence-corrected chi connectivity index (χ1v) is 8.64. The summed E-state index contributed by atoms with van der Waals surface area (Å²) in [5.74, 6) is 0.731. The predicted octanol–water partition coefficient (Wildman–Crippen LogP) is 3.35. The molecule has 3 rings (SSSR count). The van der Waals surface area contributed by atoms with Crippen LogP contribution in [0.2, 0.25) is 0 Å². The molecule has 0 fully saturated rings. The minimum absolute atomic E-state index is 0.0326. The largest absolute Gasteiger partial charge is 0.374 e. The lowest BCUT2D eigenvalue weighted by Gasteiger charge is -2.27. The number of aryl methyl sites for hydroxylation is 3. The van der Waals surface area contributed by atoms with E-state index in [-0.39, 0.29) is 5.91 Å². The molecule has 2 heterocycles. The van der Waals surface area contributed by atoms with Crippen LogP contribution in [0.15, 0.2) is 28.8 Å². The van der Waals surface area contributed by atoms with Crippen LogP contribution in [-0.4, -0.2) is 36.6 Å². The number of carbonyl (C=O) groups is 1. The molecular weight excluding hydrogens is 314 g/mol. The molecule has 0 atom stereocenters. The Kier molecular flexibility index (Phi) is 4.93. The van der Waals surface area contributed by atoms with Gasteiger partial charge in [-0.05, 0) is 56.0 Å². The maximum absolute atomic E-state index is 12.4. The van der Waals surface area contributed by atoms with Gasteiger partial charge >= 0.3 is 0 Å². The second kappa shape index (κ2) is 7.13. The van der Waals surface area contributed by atoms with Crippen LogP contribution in [-0.2, 0) is 17.8 Å². The van der Waals surface area contributed by atoms with Crippen molar-refractivity contribution in [3.8, 4) is 0 Å². The standard InChI is InChI=1S/C20H25N3O2/c1-14-18(15(2)25-21-14)13-23(4)20(24)10-8-16-7-9-19-17(12-16)6-5-11-22(19)3/h7-10,12H,5-6,11,13H2,1-4H3. The van der Waals surface area contributed by atoms with E-state index in [1.54, 1.807) is 18.0 Å². The molecule has 0 saturated heterocycles. The lowest BCUT2D eigenvalue weighted by Crippen LogP contribution is -2.25. The topological polar surface area (TPSA) is 49.6 Å². The molecule has 1 aromatic carbocycles. The van der Waals surface area contributed by atoms with Crippen molar-refractivity contribution in [2.75, 3.05) is 25.5 Å². The molecule has 0 aliphatic carbocycles. The monoisotopic (exact) mass is 339 g/mol. The Morgan fingerprint density at radius 2 is 2.20 bits per heavy atom. The van der Waals surface area contributed by atoms with Crippen LogP contribution in [0.3, 0.4) is 0 Å². The third kappa shape index (κ3) is 3.76. The molecule has 25 heavy (non-hydrogen) atoms. The van der Waals surface area contributed by atoms with E-state index < -0.39 is 0 Å². The van der Waals surface area contributed by atoms with E-state index in [0.717, 1.165) is 35.5 Å². The number of amides is 1. The summed E-state index contributed by atoms with van der Waals surface area (Å²) in [5, 5.41) is 3.93. The molecule has 1 aliphatic rings. The fraction of sp³-hybridized carbons (Fsp3) is 0.400. The molecule has 0 unspecified atom stereocenters. The highest BCUT2D eigenvalue weighted by Crippen LogP contribution is 2.27. The van der Waals surface area contributed by atoms with Gasteiger partial charge in [-0.3, -0.25) is 4.79 Å². The van der Waals surface area contributed by atoms with E-state index in [1.165, 1.54) is 17.7 Å². The first kappa shape index (κ1) is 17.3. The van der Waals surface area contributed by atoms with E-state index in [2.05, 4.69) is 35.3 Å². The molecule has 0 N–H and O–H groups in total. The molecule has 0 radical (unpaired) electrons. The van der Waals surface area contributed by atoms with Crippen LogP contribution in [0.5, 0.6) is 0 Å². The average Bonchev–Trinajstić information content (AvgIpc) is 2.91. The van der Waals surface area contributed by atoms with Crippen molar-refractivity contribution >= 4 is 17.7 Å². The number of hydrogen-bond donors (Lipinski definition) is 0. The molecule has 5 heteroatoms. The third-order valence-corrected chi connectivity index (χ3v) is 4.83. The number of aromatic nitrogens is 1. The number of likely N-dealkylation sites (N-methyl/N-ethyl adjacent to an activating group) is 1. The van der Waals surface area contributed by atoms with Crippen molar-refractivity contribution in [2.45, 2.75) is 33.2 Å². The molecule has 5 nitrogen and oxygen atoms in total. The quantitative estimate of drug-likeness (QED) is 0.802. The Labute approximate surface area is 148 Å². The number of fused-ring (bicyclic) bond motifs is 1. The van der Waals surface area contributed by atoms with Crippen molar-refractivity contribution in [3.05, 3.63) is 52.4 Å². The normalized spacial score (nSPS) is 14.0. The first-order valence-electron chi connectivity index (χ1n) is 8.64. The van der Waals surface area contributed by atoms with E-state index in [9.17, 15) is 4.79 Å². The van der Waals surface area contributed by atoms with Gasteiger partial charge in [-0.15, -0.1) is 0 Å². The number of anilines is 1. The van der Waals surface area contributed by atoms with Crippen LogP contribution in [0.4, 0.5) is 5.69 Å². The van der Waals surface area contributed by atoms with E-state index in [4.69, 9.17) is 4.52 Å². The van der Waals surface area contributed by atoms with Crippen molar-refractivity contribution in [1.82, 2.24) is 10.1 Å². The molecule has 0 spiro atoms. The number of nitrogens with zero attached hydrogens (tertiary/aromatic N) is 3. The van der Waals surface area contributed by atoms with Gasteiger partial charge in [0.1, 0.15) is 5.76 Å². The van der Waals surface area contributed by atoms with Crippen LogP contribution in [0.25, 0.3) is 6.08 Å². The summed E-state index contributed by atoms with van der Waals surface area (Å²) in [6.07, 6.45) is 5.80. The molecule has 0 bridgehead atoms. The highest BCUT2D eigenvalue weighted by atomic mass is 16.5. The lowest BCUT2D eigenvalue weighted by atomic mass is 9.99. The third-order valence-electron chi connectivity index (χ3n) is 4.83. The Balaban J connectivity index is 1.68. The van der Waals surface area contributed by atoms with E-state index in [1.807, 2.05) is 19.9 Å². The number of carbonyl (C=O) groups excluding carboxylic acids is 1. The Bertz CT molecular complexity index is 788. The van der Waals surface area contributed by atoms with E-state index >= 15 is 0 Å². The number of rotatable bonds is 4. The van der Waals surface area contributed by atoms with Crippen LogP contribution in [0, 0.1) is 13.8 Å². The van der Waals surface area contributed by atoms with Gasteiger partial charge in [0, 0.05) is 38.0 Å². The summed E-state index contributed by atoms with van der Waals surface area (Å²) in [6, 6.07) is 6.40. The fourth-order valence-corrected chi connectivity index (χ4v) is 3.25. The zero-order valence-corrected chi connectivity index (χ0v) is 15.4. The number of hydrogen-bond acceptors (Lipinski definition) is 4. The fourth-order valence-electron chi connectivity index (χ4n) is 3.25. The lowest BCUT2D eigenvalue weighted by molar-refractivity contribution is -0.125. The summed E-state index contributed by atoms with van der Waals surface area (Å²) in [6.45, 7) is 5.37. The molecule has 1 aromatic heterocycles. The summed E-state index contributed by atoms with van der Waals surface area (Å²) in [7, 11) is 3.92. The van der Waals surface area contributed by atoms with Crippen LogP contribution >= 0.6 is 0 Å². The molecular formula is C20H25N3O2. The van der Waals surface area contributed by atoms with Crippen molar-refractivity contribution in [1.29, 1.82) is 0 Å². The molecule has 0 saturated carbocycles. The zero-order chi connectivity index (χ0) is 18.0. The molecule has 2 aromatic rings. The Hall–Kier alpha value is -2.56. The van der Waals surface area contributed by atoms with Gasteiger partial charge in [-0.2, -0.15) is 0 Å². The minimum Gasteiger partial charge on any atom is -0.374 e. The zero-order valence-electron chi connectivity index (χ0n) is 15.4. The summed E-state index contributed by atoms with van der Waals surface area (Å²) in [4.78, 5) is 16.3. The average molecular weight is 339 g/mol.